The summed E-state index contributed by atoms with van der Waals surface area (Å²) < 4.78 is 10.3. The molecule has 0 aromatic heterocycles. The predicted octanol–water partition coefficient (Wildman–Crippen LogP) is 3.42. The molecule has 0 saturated heterocycles. The van der Waals surface area contributed by atoms with Crippen molar-refractivity contribution in [2.75, 3.05) is 23.4 Å². The number of hydrogen-bond acceptors (Lipinski definition) is 6. The molecule has 0 aliphatic carbocycles. The molecule has 0 radical (unpaired) electrons. The van der Waals surface area contributed by atoms with Crippen molar-refractivity contribution in [3.63, 3.8) is 0 Å². The van der Waals surface area contributed by atoms with Crippen molar-refractivity contribution >= 4 is 35.2 Å². The van der Waals surface area contributed by atoms with Gasteiger partial charge >= 0.3 is 11.9 Å². The molecule has 3 rings (SSSR count). The molecule has 3 aromatic carbocycles. The van der Waals surface area contributed by atoms with Gasteiger partial charge in [0, 0.05) is 16.9 Å². The standard InChI is InChI=1S/C25H24N4O5/c1-2-33-22(30)16-29(20-6-4-3-5-7-20)23(31)17-8-10-18(11-9-17)24(32)34-21-14-12-19(13-15-21)28-25(26)27/h3-15H,2,16H2,1H3,(H4,26,27,28). The van der Waals surface area contributed by atoms with E-state index in [0.29, 0.717) is 22.7 Å². The molecule has 9 heteroatoms. The Morgan fingerprint density at radius 1 is 0.912 bits per heavy atom. The number of guanidine groups is 1. The molecule has 9 nitrogen and oxygen atoms in total. The molecule has 0 unspecified atom stereocenters. The number of carbonyl (C=O) groups excluding carboxylic acids is 3. The first kappa shape index (κ1) is 24.0. The topological polar surface area (TPSA) is 135 Å². The molecule has 0 aliphatic heterocycles. The molecule has 0 saturated carbocycles. The number of hydrogen-bond donors (Lipinski definition) is 3. The van der Waals surface area contributed by atoms with Gasteiger partial charge in [-0.25, -0.2) is 4.79 Å². The van der Waals surface area contributed by atoms with Gasteiger partial charge in [-0.05, 0) is 67.6 Å². The molecule has 1 amide bonds. The first-order valence-electron chi connectivity index (χ1n) is 10.4. The number of esters is 2. The highest BCUT2D eigenvalue weighted by Crippen LogP contribution is 2.19. The second-order valence-electron chi connectivity index (χ2n) is 7.06. The maximum Gasteiger partial charge on any atom is 0.343 e. The highest BCUT2D eigenvalue weighted by molar-refractivity contribution is 6.08. The van der Waals surface area contributed by atoms with Gasteiger partial charge in [0.2, 0.25) is 0 Å². The fourth-order valence-electron chi connectivity index (χ4n) is 3.06. The normalized spacial score (nSPS) is 10.1. The van der Waals surface area contributed by atoms with Crippen LogP contribution in [-0.4, -0.2) is 37.0 Å². The number of rotatable bonds is 8. The summed E-state index contributed by atoms with van der Waals surface area (Å²) in [6.07, 6.45) is 0. The van der Waals surface area contributed by atoms with Crippen LogP contribution in [0.15, 0.2) is 78.9 Å². The van der Waals surface area contributed by atoms with Crippen LogP contribution in [0.1, 0.15) is 27.6 Å². The SMILES string of the molecule is CCOC(=O)CN(C(=O)c1ccc(C(=O)Oc2ccc(NC(=N)N)cc2)cc1)c1ccccc1. The highest BCUT2D eigenvalue weighted by atomic mass is 16.5. The third-order valence-corrected chi connectivity index (χ3v) is 4.62. The van der Waals surface area contributed by atoms with E-state index in [1.807, 2.05) is 6.07 Å². The molecule has 4 N–H and O–H groups in total. The average Bonchev–Trinajstić information content (AvgIpc) is 2.84. The molecule has 0 spiro atoms. The van der Waals surface area contributed by atoms with Crippen molar-refractivity contribution in [2.45, 2.75) is 6.92 Å². The van der Waals surface area contributed by atoms with Crippen LogP contribution in [-0.2, 0) is 9.53 Å². The number of amides is 1. The molecule has 0 bridgehead atoms. The molecular formula is C25H24N4O5. The summed E-state index contributed by atoms with van der Waals surface area (Å²) in [5.74, 6) is -1.42. The summed E-state index contributed by atoms with van der Waals surface area (Å²) in [5, 5.41) is 9.85. The minimum Gasteiger partial charge on any atom is -0.465 e. The average molecular weight is 460 g/mol. The Morgan fingerprint density at radius 2 is 1.53 bits per heavy atom. The van der Waals surface area contributed by atoms with E-state index in [-0.39, 0.29) is 24.7 Å². The Morgan fingerprint density at radius 3 is 2.12 bits per heavy atom. The third kappa shape index (κ3) is 6.42. The fraction of sp³-hybridized carbons (Fsp3) is 0.120. The minimum absolute atomic E-state index is 0.201. The van der Waals surface area contributed by atoms with Crippen LogP contribution in [0, 0.1) is 5.41 Å². The van der Waals surface area contributed by atoms with E-state index >= 15 is 0 Å². The number of para-hydroxylation sites is 1. The van der Waals surface area contributed by atoms with Crippen LogP contribution >= 0.6 is 0 Å². The van der Waals surface area contributed by atoms with Gasteiger partial charge in [0.25, 0.3) is 5.91 Å². The number of nitrogens with one attached hydrogen (secondary N) is 2. The lowest BCUT2D eigenvalue weighted by molar-refractivity contribution is -0.141. The highest BCUT2D eigenvalue weighted by Gasteiger charge is 2.22. The Bertz CT molecular complexity index is 1160. The van der Waals surface area contributed by atoms with Crippen molar-refractivity contribution < 1.29 is 23.9 Å². The van der Waals surface area contributed by atoms with E-state index in [9.17, 15) is 14.4 Å². The van der Waals surface area contributed by atoms with Crippen molar-refractivity contribution in [3.05, 3.63) is 90.0 Å². The molecule has 0 fully saturated rings. The van der Waals surface area contributed by atoms with E-state index in [0.717, 1.165) is 0 Å². The molecule has 0 heterocycles. The van der Waals surface area contributed by atoms with Gasteiger partial charge in [0.15, 0.2) is 5.96 Å². The summed E-state index contributed by atoms with van der Waals surface area (Å²) in [7, 11) is 0. The monoisotopic (exact) mass is 460 g/mol. The van der Waals surface area contributed by atoms with Crippen LogP contribution in [0.2, 0.25) is 0 Å². The third-order valence-electron chi connectivity index (χ3n) is 4.62. The van der Waals surface area contributed by atoms with Crippen molar-refractivity contribution in [1.29, 1.82) is 5.41 Å². The lowest BCUT2D eigenvalue weighted by atomic mass is 10.1. The van der Waals surface area contributed by atoms with Crippen molar-refractivity contribution in [2.24, 2.45) is 5.73 Å². The van der Waals surface area contributed by atoms with E-state index in [1.165, 1.54) is 29.2 Å². The van der Waals surface area contributed by atoms with Crippen molar-refractivity contribution in [3.8, 4) is 5.75 Å². The Labute approximate surface area is 196 Å². The lowest BCUT2D eigenvalue weighted by Crippen LogP contribution is -2.36. The van der Waals surface area contributed by atoms with Crippen LogP contribution in [0.5, 0.6) is 5.75 Å². The smallest absolute Gasteiger partial charge is 0.343 e. The molecule has 34 heavy (non-hydrogen) atoms. The molecule has 3 aromatic rings. The van der Waals surface area contributed by atoms with E-state index in [1.54, 1.807) is 55.5 Å². The van der Waals surface area contributed by atoms with Crippen LogP contribution in [0.4, 0.5) is 11.4 Å². The number of nitrogens with zero attached hydrogens (tertiary/aromatic N) is 1. The lowest BCUT2D eigenvalue weighted by Gasteiger charge is -2.22. The number of anilines is 2. The van der Waals surface area contributed by atoms with Gasteiger partial charge in [-0.3, -0.25) is 19.9 Å². The number of ether oxygens (including phenoxy) is 2. The minimum atomic E-state index is -0.599. The summed E-state index contributed by atoms with van der Waals surface area (Å²) >= 11 is 0. The number of benzene rings is 3. The first-order valence-corrected chi connectivity index (χ1v) is 10.4. The number of carbonyl (C=O) groups is 3. The van der Waals surface area contributed by atoms with Crippen LogP contribution < -0.4 is 20.7 Å². The second kappa shape index (κ2) is 11.3. The fourth-order valence-corrected chi connectivity index (χ4v) is 3.06. The van der Waals surface area contributed by atoms with Gasteiger partial charge in [-0.2, -0.15) is 0 Å². The molecular weight excluding hydrogens is 436 g/mol. The first-order chi connectivity index (χ1) is 16.4. The Balaban J connectivity index is 1.72. The van der Waals surface area contributed by atoms with Crippen molar-refractivity contribution in [1.82, 2.24) is 0 Å². The Kier molecular flexibility index (Phi) is 7.96. The molecule has 0 aliphatic rings. The summed E-state index contributed by atoms with van der Waals surface area (Å²) in [6.45, 7) is 1.67. The van der Waals surface area contributed by atoms with Gasteiger partial charge in [0.1, 0.15) is 12.3 Å². The quantitative estimate of drug-likeness (QED) is 0.203. The van der Waals surface area contributed by atoms with Crippen LogP contribution in [0.3, 0.4) is 0 Å². The maximum absolute atomic E-state index is 13.1. The van der Waals surface area contributed by atoms with Gasteiger partial charge < -0.3 is 20.5 Å². The summed E-state index contributed by atoms with van der Waals surface area (Å²) in [4.78, 5) is 39.0. The van der Waals surface area contributed by atoms with E-state index in [4.69, 9.17) is 20.6 Å². The Hall–Kier alpha value is -4.66. The van der Waals surface area contributed by atoms with Gasteiger partial charge in [-0.1, -0.05) is 18.2 Å². The maximum atomic E-state index is 13.1. The van der Waals surface area contributed by atoms with Gasteiger partial charge in [-0.15, -0.1) is 0 Å². The van der Waals surface area contributed by atoms with E-state index < -0.39 is 17.8 Å². The zero-order chi connectivity index (χ0) is 24.5. The zero-order valence-electron chi connectivity index (χ0n) is 18.5. The van der Waals surface area contributed by atoms with E-state index in [2.05, 4.69) is 5.32 Å². The largest absolute Gasteiger partial charge is 0.465 e. The van der Waals surface area contributed by atoms with Crippen LogP contribution in [0.25, 0.3) is 0 Å². The van der Waals surface area contributed by atoms with Gasteiger partial charge in [0.05, 0.1) is 12.2 Å². The predicted molar refractivity (Wildman–Crippen MR) is 128 cm³/mol. The molecule has 0 atom stereocenters. The second-order valence-corrected chi connectivity index (χ2v) is 7.06. The summed E-state index contributed by atoms with van der Waals surface area (Å²) in [5.41, 5.74) is 6.96. The summed E-state index contributed by atoms with van der Waals surface area (Å²) in [6, 6.07) is 21.1. The zero-order valence-corrected chi connectivity index (χ0v) is 18.5. The molecule has 174 valence electrons. The number of nitrogens with two attached hydrogens (primary N) is 1.